The molecule has 0 N–H and O–H groups in total. The third-order valence-corrected chi connectivity index (χ3v) is 2.92. The maximum Gasteiger partial charge on any atom is 0.214 e. The molecule has 1 aromatic rings. The third kappa shape index (κ3) is 3.54. The molecule has 91 valence electrons. The van der Waals surface area contributed by atoms with Crippen LogP contribution in [0.2, 0.25) is 0 Å². The lowest BCUT2D eigenvalue weighted by Crippen LogP contribution is -2.41. The average molecular weight is 233 g/mol. The molecule has 1 heterocycles. The molecule has 0 bridgehead atoms. The van der Waals surface area contributed by atoms with Crippen LogP contribution in [0.3, 0.4) is 0 Å². The summed E-state index contributed by atoms with van der Waals surface area (Å²) in [7, 11) is 0. The van der Waals surface area contributed by atoms with Crippen LogP contribution in [0.15, 0.2) is 24.3 Å². The number of morpholine rings is 1. The van der Waals surface area contributed by atoms with Crippen LogP contribution in [0.5, 0.6) is 0 Å². The quantitative estimate of drug-likeness (QED) is 0.705. The van der Waals surface area contributed by atoms with Gasteiger partial charge in [-0.15, -0.1) is 0 Å². The molecular weight excluding hydrogens is 216 g/mol. The lowest BCUT2D eigenvalue weighted by molar-refractivity contribution is -0.107. The van der Waals surface area contributed by atoms with Crippen molar-refractivity contribution in [2.24, 2.45) is 0 Å². The number of carbonyl (C=O) groups is 1. The van der Waals surface area contributed by atoms with Gasteiger partial charge in [-0.2, -0.15) is 0 Å². The number of ether oxygens (including phenoxy) is 1. The summed E-state index contributed by atoms with van der Waals surface area (Å²) < 4.78 is 5.29. The number of amides is 1. The van der Waals surface area contributed by atoms with E-state index in [4.69, 9.17) is 4.74 Å². The number of carbonyl (C=O) groups excluding carboxylic acids is 1. The Morgan fingerprint density at radius 1 is 1.35 bits per heavy atom. The van der Waals surface area contributed by atoms with Crippen LogP contribution >= 0.6 is 0 Å². The maximum absolute atomic E-state index is 11.1. The van der Waals surface area contributed by atoms with Gasteiger partial charge in [0.25, 0.3) is 0 Å². The fourth-order valence-electron chi connectivity index (χ4n) is 1.89. The molecule has 2 rings (SSSR count). The van der Waals surface area contributed by atoms with Crippen LogP contribution in [-0.4, -0.2) is 50.7 Å². The van der Waals surface area contributed by atoms with Crippen molar-refractivity contribution in [1.82, 2.24) is 4.90 Å². The number of anilines is 1. The maximum atomic E-state index is 11.1. The van der Waals surface area contributed by atoms with E-state index in [1.807, 2.05) is 24.3 Å². The predicted octanol–water partition coefficient (Wildman–Crippen LogP) is 0.782. The first-order chi connectivity index (χ1) is 8.40. The first-order valence-corrected chi connectivity index (χ1v) is 5.88. The van der Waals surface area contributed by atoms with Gasteiger partial charge in [0, 0.05) is 31.9 Å². The van der Waals surface area contributed by atoms with E-state index in [0.717, 1.165) is 44.9 Å². The van der Waals surface area contributed by atoms with Gasteiger partial charge in [0.05, 0.1) is 13.2 Å². The van der Waals surface area contributed by atoms with E-state index >= 15 is 0 Å². The Bertz CT molecular complexity index is 337. The molecular formula is C13H17N2O2. The highest BCUT2D eigenvalue weighted by Gasteiger charge is 2.12. The monoisotopic (exact) mass is 233 g/mol. The van der Waals surface area contributed by atoms with Crippen molar-refractivity contribution in [2.75, 3.05) is 44.3 Å². The number of hydrogen-bond acceptors (Lipinski definition) is 3. The van der Waals surface area contributed by atoms with Crippen LogP contribution in [0.1, 0.15) is 0 Å². The van der Waals surface area contributed by atoms with Crippen LogP contribution in [0.4, 0.5) is 5.69 Å². The lowest BCUT2D eigenvalue weighted by Gasteiger charge is -2.28. The summed E-state index contributed by atoms with van der Waals surface area (Å²) in [5, 5.41) is 0. The van der Waals surface area contributed by atoms with E-state index in [0.29, 0.717) is 6.54 Å². The van der Waals surface area contributed by atoms with E-state index in [-0.39, 0.29) is 0 Å². The number of nitrogens with zero attached hydrogens (tertiary/aromatic N) is 2. The van der Waals surface area contributed by atoms with E-state index in [1.165, 1.54) is 0 Å². The van der Waals surface area contributed by atoms with Gasteiger partial charge in [0.2, 0.25) is 6.41 Å². The Morgan fingerprint density at radius 3 is 2.71 bits per heavy atom. The Balaban J connectivity index is 1.85. The second-order valence-corrected chi connectivity index (χ2v) is 4.01. The van der Waals surface area contributed by atoms with E-state index in [1.54, 1.807) is 4.90 Å². The second kappa shape index (κ2) is 6.37. The molecule has 4 nitrogen and oxygen atoms in total. The molecule has 1 radical (unpaired) electrons. The summed E-state index contributed by atoms with van der Waals surface area (Å²) in [4.78, 5) is 15.1. The van der Waals surface area contributed by atoms with Gasteiger partial charge in [-0.1, -0.05) is 12.1 Å². The standard InChI is InChI=1S/C13H17N2O2/c16-12-15(13-4-2-1-3-5-13)7-6-14-8-10-17-11-9-14/h2-5,12H,6-11H2. The minimum Gasteiger partial charge on any atom is -0.379 e. The van der Waals surface area contributed by atoms with Crippen molar-refractivity contribution in [3.05, 3.63) is 30.3 Å². The van der Waals surface area contributed by atoms with Gasteiger partial charge < -0.3 is 9.64 Å². The lowest BCUT2D eigenvalue weighted by atomic mass is 10.3. The molecule has 1 aliphatic rings. The van der Waals surface area contributed by atoms with Gasteiger partial charge in [-0.3, -0.25) is 9.69 Å². The normalized spacial score (nSPS) is 16.7. The van der Waals surface area contributed by atoms with Crippen LogP contribution < -0.4 is 4.90 Å². The van der Waals surface area contributed by atoms with Crippen LogP contribution in [0.25, 0.3) is 0 Å². The molecule has 1 saturated heterocycles. The number of hydrogen-bond donors (Lipinski definition) is 0. The molecule has 0 spiro atoms. The highest BCUT2D eigenvalue weighted by molar-refractivity contribution is 5.74. The van der Waals surface area contributed by atoms with E-state index in [2.05, 4.69) is 11.0 Å². The number of rotatable bonds is 5. The molecule has 17 heavy (non-hydrogen) atoms. The minimum atomic E-state index is 0.716. The summed E-state index contributed by atoms with van der Waals surface area (Å²) in [6.07, 6.45) is 0.885. The molecule has 4 heteroatoms. The Hall–Kier alpha value is -1.39. The zero-order valence-electron chi connectivity index (χ0n) is 9.84. The summed E-state index contributed by atoms with van der Waals surface area (Å²) in [6, 6.07) is 10.4. The molecule has 0 aromatic heterocycles. The smallest absolute Gasteiger partial charge is 0.214 e. The second-order valence-electron chi connectivity index (χ2n) is 4.01. The zero-order chi connectivity index (χ0) is 11.9. The van der Waals surface area contributed by atoms with Gasteiger partial charge in [-0.25, -0.2) is 0 Å². The largest absolute Gasteiger partial charge is 0.379 e. The topological polar surface area (TPSA) is 32.8 Å². The Morgan fingerprint density at radius 2 is 2.06 bits per heavy atom. The molecule has 1 aliphatic heterocycles. The highest BCUT2D eigenvalue weighted by Crippen LogP contribution is 2.10. The SMILES string of the molecule is O=CN(CCN1CCOCC1)c1cc[c]cc1. The van der Waals surface area contributed by atoms with Gasteiger partial charge in [0.15, 0.2) is 0 Å². The van der Waals surface area contributed by atoms with Gasteiger partial charge >= 0.3 is 0 Å². The Kier molecular flexibility index (Phi) is 4.53. The van der Waals surface area contributed by atoms with Gasteiger partial charge in [-0.05, 0) is 18.2 Å². The fraction of sp³-hybridized carbons (Fsp3) is 0.462. The van der Waals surface area contributed by atoms with Crippen molar-refractivity contribution in [2.45, 2.75) is 0 Å². The molecule has 0 atom stereocenters. The Labute approximate surface area is 102 Å². The molecule has 1 fully saturated rings. The summed E-state index contributed by atoms with van der Waals surface area (Å²) in [6.45, 7) is 5.10. The molecule has 0 aliphatic carbocycles. The summed E-state index contributed by atoms with van der Waals surface area (Å²) in [5.41, 5.74) is 0.923. The van der Waals surface area contributed by atoms with E-state index in [9.17, 15) is 4.79 Å². The first kappa shape index (κ1) is 12.1. The molecule has 1 aromatic carbocycles. The summed E-state index contributed by atoms with van der Waals surface area (Å²) >= 11 is 0. The zero-order valence-corrected chi connectivity index (χ0v) is 9.84. The van der Waals surface area contributed by atoms with Gasteiger partial charge in [0.1, 0.15) is 0 Å². The van der Waals surface area contributed by atoms with Crippen molar-refractivity contribution < 1.29 is 9.53 Å². The number of benzene rings is 1. The third-order valence-electron chi connectivity index (χ3n) is 2.92. The molecule has 0 saturated carbocycles. The van der Waals surface area contributed by atoms with Crippen LogP contribution in [0, 0.1) is 6.07 Å². The molecule has 1 amide bonds. The van der Waals surface area contributed by atoms with Crippen molar-refractivity contribution in [1.29, 1.82) is 0 Å². The molecule has 0 unspecified atom stereocenters. The predicted molar refractivity (Wildman–Crippen MR) is 65.9 cm³/mol. The van der Waals surface area contributed by atoms with E-state index < -0.39 is 0 Å². The highest BCUT2D eigenvalue weighted by atomic mass is 16.5. The fourth-order valence-corrected chi connectivity index (χ4v) is 1.89. The average Bonchev–Trinajstić information content (AvgIpc) is 2.42. The summed E-state index contributed by atoms with van der Waals surface area (Å²) in [5.74, 6) is 0. The van der Waals surface area contributed by atoms with Crippen LogP contribution in [-0.2, 0) is 9.53 Å². The van der Waals surface area contributed by atoms with Crippen molar-refractivity contribution >= 4 is 12.1 Å². The van der Waals surface area contributed by atoms with Crippen molar-refractivity contribution in [3.8, 4) is 0 Å². The van der Waals surface area contributed by atoms with Crippen molar-refractivity contribution in [3.63, 3.8) is 0 Å². The first-order valence-electron chi connectivity index (χ1n) is 5.88. The minimum absolute atomic E-state index is 0.716.